The van der Waals surface area contributed by atoms with Gasteiger partial charge in [0.05, 0.1) is 17.2 Å². The van der Waals surface area contributed by atoms with E-state index in [1.165, 1.54) is 45.2 Å². The predicted molar refractivity (Wildman–Crippen MR) is 139 cm³/mol. The van der Waals surface area contributed by atoms with E-state index in [1.54, 1.807) is 18.0 Å². The lowest BCUT2D eigenvalue weighted by molar-refractivity contribution is -0.133. The number of ether oxygens (including phenoxy) is 1. The van der Waals surface area contributed by atoms with Crippen molar-refractivity contribution < 1.29 is 9.53 Å². The van der Waals surface area contributed by atoms with E-state index < -0.39 is 0 Å². The summed E-state index contributed by atoms with van der Waals surface area (Å²) >= 11 is 0. The molecule has 2 aromatic rings. The molecule has 7 heteroatoms. The van der Waals surface area contributed by atoms with Crippen molar-refractivity contribution >= 4 is 16.8 Å². The molecule has 3 heterocycles. The Morgan fingerprint density at radius 1 is 1.09 bits per heavy atom. The highest BCUT2D eigenvalue weighted by molar-refractivity contribution is 5.77. The van der Waals surface area contributed by atoms with Crippen LogP contribution in [0.1, 0.15) is 64.2 Å². The number of rotatable bonds is 12. The van der Waals surface area contributed by atoms with E-state index in [2.05, 4.69) is 14.8 Å². The highest BCUT2D eigenvalue weighted by Crippen LogP contribution is 2.31. The largest absolute Gasteiger partial charge is 0.385 e. The minimum atomic E-state index is 0.0141. The van der Waals surface area contributed by atoms with Crippen molar-refractivity contribution in [3.05, 3.63) is 40.9 Å². The van der Waals surface area contributed by atoms with E-state index >= 15 is 0 Å². The summed E-state index contributed by atoms with van der Waals surface area (Å²) in [5, 5.41) is 0.663. The first-order valence-electron chi connectivity index (χ1n) is 13.6. The Labute approximate surface area is 209 Å². The van der Waals surface area contributed by atoms with Gasteiger partial charge in [0.25, 0.3) is 5.56 Å². The number of unbranched alkanes of at least 4 members (excludes halogenated alkanes) is 2. The average molecular weight is 483 g/mol. The van der Waals surface area contributed by atoms with Crippen molar-refractivity contribution in [1.82, 2.24) is 19.4 Å². The van der Waals surface area contributed by atoms with Gasteiger partial charge in [0, 0.05) is 45.8 Å². The van der Waals surface area contributed by atoms with Gasteiger partial charge in [-0.2, -0.15) is 0 Å². The molecule has 4 rings (SSSR count). The summed E-state index contributed by atoms with van der Waals surface area (Å²) in [6.07, 6.45) is 12.2. The highest BCUT2D eigenvalue weighted by Gasteiger charge is 2.34. The number of carbonyl (C=O) groups is 1. The number of amides is 1. The van der Waals surface area contributed by atoms with Gasteiger partial charge in [0.2, 0.25) is 5.91 Å². The Balaban J connectivity index is 1.26. The highest BCUT2D eigenvalue weighted by atomic mass is 16.5. The standard InChI is InChI=1S/C28H42N4O3/c1-35-20-10-19-31(21-23-11-9-18-30-16-8-6-14-26(23)30)27(33)15-3-2-7-17-32-22-29-25-13-5-4-12-24(25)28(32)34/h4-5,12-13,22-23,26H,2-3,6-11,14-21H2,1H3. The number of nitrogens with zero attached hydrogens (tertiary/aromatic N) is 4. The molecule has 2 fully saturated rings. The van der Waals surface area contributed by atoms with Gasteiger partial charge in [0.15, 0.2) is 0 Å². The summed E-state index contributed by atoms with van der Waals surface area (Å²) in [5.74, 6) is 0.876. The molecule has 35 heavy (non-hydrogen) atoms. The zero-order chi connectivity index (χ0) is 24.5. The lowest BCUT2D eigenvalue weighted by Crippen LogP contribution is -2.51. The third-order valence-electron chi connectivity index (χ3n) is 7.83. The Bertz CT molecular complexity index is 1010. The van der Waals surface area contributed by atoms with Gasteiger partial charge < -0.3 is 14.5 Å². The fraction of sp³-hybridized carbons (Fsp3) is 0.679. The monoisotopic (exact) mass is 482 g/mol. The number of aromatic nitrogens is 2. The molecule has 1 aromatic heterocycles. The third kappa shape index (κ3) is 6.91. The van der Waals surface area contributed by atoms with Crippen LogP contribution in [0.2, 0.25) is 0 Å². The van der Waals surface area contributed by atoms with Gasteiger partial charge in [0.1, 0.15) is 0 Å². The summed E-state index contributed by atoms with van der Waals surface area (Å²) < 4.78 is 6.95. The van der Waals surface area contributed by atoms with Gasteiger partial charge in [-0.25, -0.2) is 4.98 Å². The molecule has 1 amide bonds. The summed E-state index contributed by atoms with van der Waals surface area (Å²) in [6, 6.07) is 8.12. The van der Waals surface area contributed by atoms with Gasteiger partial charge in [-0.15, -0.1) is 0 Å². The number of hydrogen-bond donors (Lipinski definition) is 0. The van der Waals surface area contributed by atoms with Crippen LogP contribution in [-0.2, 0) is 16.1 Å². The number of aryl methyl sites for hydroxylation is 1. The maximum absolute atomic E-state index is 13.2. The zero-order valence-corrected chi connectivity index (χ0v) is 21.4. The molecule has 0 bridgehead atoms. The lowest BCUT2D eigenvalue weighted by Gasteiger charge is -2.45. The van der Waals surface area contributed by atoms with Gasteiger partial charge in [-0.1, -0.05) is 25.0 Å². The van der Waals surface area contributed by atoms with Crippen LogP contribution < -0.4 is 5.56 Å². The zero-order valence-electron chi connectivity index (χ0n) is 21.4. The van der Waals surface area contributed by atoms with Crippen molar-refractivity contribution in [3.63, 3.8) is 0 Å². The number of benzene rings is 1. The third-order valence-corrected chi connectivity index (χ3v) is 7.83. The molecular formula is C28H42N4O3. The molecule has 0 saturated carbocycles. The van der Waals surface area contributed by atoms with Gasteiger partial charge in [-0.05, 0) is 76.1 Å². The van der Waals surface area contributed by atoms with Crippen LogP contribution in [0.5, 0.6) is 0 Å². The SMILES string of the molecule is COCCCN(CC1CCCN2CCCCC12)C(=O)CCCCCn1cnc2ccccc2c1=O. The summed E-state index contributed by atoms with van der Waals surface area (Å²) in [4.78, 5) is 35.1. The molecule has 2 atom stereocenters. The first-order chi connectivity index (χ1) is 17.2. The molecule has 2 saturated heterocycles. The summed E-state index contributed by atoms with van der Waals surface area (Å²) in [5.41, 5.74) is 0.752. The van der Waals surface area contributed by atoms with Crippen LogP contribution in [0.25, 0.3) is 10.9 Å². The molecule has 0 aliphatic carbocycles. The first kappa shape index (κ1) is 25.8. The quantitative estimate of drug-likeness (QED) is 0.426. The number of hydrogen-bond acceptors (Lipinski definition) is 5. The molecule has 0 radical (unpaired) electrons. The average Bonchev–Trinajstić information content (AvgIpc) is 2.89. The maximum Gasteiger partial charge on any atom is 0.261 e. The van der Waals surface area contributed by atoms with E-state index in [0.29, 0.717) is 36.9 Å². The van der Waals surface area contributed by atoms with Crippen LogP contribution >= 0.6 is 0 Å². The topological polar surface area (TPSA) is 67.7 Å². The lowest BCUT2D eigenvalue weighted by atomic mass is 9.83. The van der Waals surface area contributed by atoms with E-state index in [9.17, 15) is 9.59 Å². The van der Waals surface area contributed by atoms with Gasteiger partial charge in [-0.3, -0.25) is 14.2 Å². The second-order valence-corrected chi connectivity index (χ2v) is 10.3. The van der Waals surface area contributed by atoms with Gasteiger partial charge >= 0.3 is 0 Å². The number of fused-ring (bicyclic) bond motifs is 2. The molecule has 2 unspecified atom stereocenters. The maximum atomic E-state index is 13.2. The van der Waals surface area contributed by atoms with Crippen molar-refractivity contribution in [1.29, 1.82) is 0 Å². The number of methoxy groups -OCH3 is 1. The fourth-order valence-electron chi connectivity index (χ4n) is 5.95. The van der Waals surface area contributed by atoms with Crippen LogP contribution in [-0.4, -0.2) is 71.2 Å². The van der Waals surface area contributed by atoms with Crippen molar-refractivity contribution in [2.75, 3.05) is 39.9 Å². The molecule has 2 aliphatic rings. The Morgan fingerprint density at radius 3 is 2.83 bits per heavy atom. The Hall–Kier alpha value is -2.25. The molecule has 7 nitrogen and oxygen atoms in total. The Kier molecular flexibility index (Phi) is 9.72. The molecule has 192 valence electrons. The van der Waals surface area contributed by atoms with Crippen LogP contribution in [0, 0.1) is 5.92 Å². The molecular weight excluding hydrogens is 440 g/mol. The number of carbonyl (C=O) groups excluding carboxylic acids is 1. The van der Waals surface area contributed by atoms with E-state index in [4.69, 9.17) is 4.74 Å². The van der Waals surface area contributed by atoms with Crippen molar-refractivity contribution in [2.45, 2.75) is 76.8 Å². The number of piperidine rings is 2. The molecule has 1 aromatic carbocycles. The van der Waals surface area contributed by atoms with E-state index in [-0.39, 0.29) is 11.5 Å². The minimum absolute atomic E-state index is 0.0141. The fourth-order valence-corrected chi connectivity index (χ4v) is 5.95. The predicted octanol–water partition coefficient (Wildman–Crippen LogP) is 4.09. The van der Waals surface area contributed by atoms with Crippen LogP contribution in [0.15, 0.2) is 35.4 Å². The molecule has 0 spiro atoms. The summed E-state index contributed by atoms with van der Waals surface area (Å²) in [7, 11) is 1.73. The summed E-state index contributed by atoms with van der Waals surface area (Å²) in [6.45, 7) is 5.47. The second-order valence-electron chi connectivity index (χ2n) is 10.3. The Morgan fingerprint density at radius 2 is 1.94 bits per heavy atom. The minimum Gasteiger partial charge on any atom is -0.385 e. The normalized spacial score (nSPS) is 20.6. The molecule has 2 aliphatic heterocycles. The van der Waals surface area contributed by atoms with E-state index in [1.807, 2.05) is 24.3 Å². The van der Waals surface area contributed by atoms with E-state index in [0.717, 1.165) is 44.3 Å². The van der Waals surface area contributed by atoms with Crippen LogP contribution in [0.3, 0.4) is 0 Å². The second kappa shape index (κ2) is 13.2. The van der Waals surface area contributed by atoms with Crippen molar-refractivity contribution in [2.24, 2.45) is 5.92 Å². The first-order valence-corrected chi connectivity index (χ1v) is 13.6. The molecule has 0 N–H and O–H groups in total. The number of para-hydroxylation sites is 1. The smallest absolute Gasteiger partial charge is 0.261 e. The van der Waals surface area contributed by atoms with Crippen LogP contribution in [0.4, 0.5) is 0 Å². The van der Waals surface area contributed by atoms with Crippen molar-refractivity contribution in [3.8, 4) is 0 Å².